The molecule has 0 atom stereocenters. The Kier molecular flexibility index (Phi) is 5.79. The Morgan fingerprint density at radius 1 is 1.35 bits per heavy atom. The van der Waals surface area contributed by atoms with Gasteiger partial charge in [0.1, 0.15) is 0 Å². The molecule has 0 unspecified atom stereocenters. The molecule has 0 bridgehead atoms. The molecule has 1 aromatic heterocycles. The summed E-state index contributed by atoms with van der Waals surface area (Å²) in [6.45, 7) is 7.16. The monoisotopic (exact) mass is 318 g/mol. The third kappa shape index (κ3) is 5.61. The van der Waals surface area contributed by atoms with Gasteiger partial charge in [0.15, 0.2) is 0 Å². The van der Waals surface area contributed by atoms with E-state index >= 15 is 0 Å². The maximum atomic E-state index is 12.0. The van der Waals surface area contributed by atoms with Crippen LogP contribution in [0, 0.1) is 11.3 Å². The van der Waals surface area contributed by atoms with Gasteiger partial charge >= 0.3 is 0 Å². The largest absolute Gasteiger partial charge is 0.388 e. The Hall–Kier alpha value is -1.42. The van der Waals surface area contributed by atoms with E-state index in [1.165, 1.54) is 0 Å². The number of aromatic nitrogens is 1. The van der Waals surface area contributed by atoms with Crippen molar-refractivity contribution in [2.45, 2.75) is 64.9 Å². The highest BCUT2D eigenvalue weighted by Crippen LogP contribution is 2.41. The van der Waals surface area contributed by atoms with Crippen LogP contribution < -0.4 is 5.32 Å². The van der Waals surface area contributed by atoms with Crippen LogP contribution in [0.1, 0.15) is 58.6 Å². The highest BCUT2D eigenvalue weighted by molar-refractivity contribution is 5.76. The lowest BCUT2D eigenvalue weighted by atomic mass is 9.68. The zero-order valence-electron chi connectivity index (χ0n) is 14.6. The molecule has 2 rings (SSSR count). The lowest BCUT2D eigenvalue weighted by molar-refractivity contribution is -0.123. The smallest absolute Gasteiger partial charge is 0.220 e. The van der Waals surface area contributed by atoms with Crippen molar-refractivity contribution in [3.05, 3.63) is 30.1 Å². The molecule has 23 heavy (non-hydrogen) atoms. The lowest BCUT2D eigenvalue weighted by Gasteiger charge is -2.41. The van der Waals surface area contributed by atoms with Gasteiger partial charge in [0.05, 0.1) is 5.60 Å². The summed E-state index contributed by atoms with van der Waals surface area (Å²) in [5, 5.41) is 13.6. The molecule has 1 aliphatic rings. The van der Waals surface area contributed by atoms with Crippen LogP contribution in [0.4, 0.5) is 0 Å². The number of nitrogens with one attached hydrogen (secondary N) is 1. The van der Waals surface area contributed by atoms with Crippen LogP contribution >= 0.6 is 0 Å². The van der Waals surface area contributed by atoms with Crippen LogP contribution in [-0.2, 0) is 11.2 Å². The van der Waals surface area contributed by atoms with E-state index in [0.29, 0.717) is 30.7 Å². The average molecular weight is 318 g/mol. The molecule has 2 N–H and O–H groups in total. The number of amides is 1. The second-order valence-corrected chi connectivity index (χ2v) is 7.96. The Morgan fingerprint density at radius 3 is 2.61 bits per heavy atom. The molecule has 0 saturated heterocycles. The molecule has 128 valence electrons. The Bertz CT molecular complexity index is 500. The second kappa shape index (κ2) is 7.43. The number of pyridine rings is 1. The minimum atomic E-state index is -0.734. The summed E-state index contributed by atoms with van der Waals surface area (Å²) in [7, 11) is 0. The summed E-state index contributed by atoms with van der Waals surface area (Å²) in [5.74, 6) is 0.643. The minimum absolute atomic E-state index is 0.0120. The van der Waals surface area contributed by atoms with E-state index in [-0.39, 0.29) is 5.91 Å². The first-order chi connectivity index (χ1) is 10.8. The van der Waals surface area contributed by atoms with Gasteiger partial charge in [-0.15, -0.1) is 0 Å². The Balaban J connectivity index is 1.72. The topological polar surface area (TPSA) is 62.2 Å². The number of carbonyl (C=O) groups excluding carboxylic acids is 1. The summed E-state index contributed by atoms with van der Waals surface area (Å²) in [4.78, 5) is 16.2. The van der Waals surface area contributed by atoms with Crippen LogP contribution in [0.3, 0.4) is 0 Å². The van der Waals surface area contributed by atoms with Crippen molar-refractivity contribution in [3.8, 4) is 0 Å². The molecule has 1 saturated carbocycles. The van der Waals surface area contributed by atoms with Gasteiger partial charge in [0.2, 0.25) is 5.91 Å². The van der Waals surface area contributed by atoms with Gasteiger partial charge in [-0.25, -0.2) is 0 Å². The van der Waals surface area contributed by atoms with E-state index < -0.39 is 5.60 Å². The van der Waals surface area contributed by atoms with Crippen LogP contribution in [0.25, 0.3) is 0 Å². The van der Waals surface area contributed by atoms with Crippen molar-refractivity contribution in [2.24, 2.45) is 11.3 Å². The van der Waals surface area contributed by atoms with Crippen molar-refractivity contribution in [1.82, 2.24) is 10.3 Å². The summed E-state index contributed by atoms with van der Waals surface area (Å²) in [6.07, 6.45) is 6.40. The average Bonchev–Trinajstić information content (AvgIpc) is 2.51. The van der Waals surface area contributed by atoms with Crippen molar-refractivity contribution in [2.75, 3.05) is 6.54 Å². The normalized spacial score (nSPS) is 25.1. The number of aryl methyl sites for hydroxylation is 1. The molecule has 1 aliphatic carbocycles. The zero-order valence-corrected chi connectivity index (χ0v) is 14.6. The highest BCUT2D eigenvalue weighted by Gasteiger charge is 2.37. The molecule has 0 aliphatic heterocycles. The number of rotatable bonds is 5. The summed E-state index contributed by atoms with van der Waals surface area (Å²) in [6, 6.07) is 5.72. The van der Waals surface area contributed by atoms with E-state index in [2.05, 4.69) is 31.1 Å². The van der Waals surface area contributed by atoms with Crippen molar-refractivity contribution < 1.29 is 9.90 Å². The van der Waals surface area contributed by atoms with Crippen molar-refractivity contribution in [3.63, 3.8) is 0 Å². The van der Waals surface area contributed by atoms with Crippen molar-refractivity contribution >= 4 is 5.91 Å². The first-order valence-corrected chi connectivity index (χ1v) is 8.67. The van der Waals surface area contributed by atoms with Gasteiger partial charge < -0.3 is 10.4 Å². The van der Waals surface area contributed by atoms with E-state index in [1.807, 2.05) is 18.2 Å². The Morgan fingerprint density at radius 2 is 2.04 bits per heavy atom. The molecule has 4 nitrogen and oxygen atoms in total. The second-order valence-electron chi connectivity index (χ2n) is 7.96. The maximum absolute atomic E-state index is 12.0. The maximum Gasteiger partial charge on any atom is 0.220 e. The molecule has 0 radical (unpaired) electrons. The first-order valence-electron chi connectivity index (χ1n) is 8.67. The first kappa shape index (κ1) is 17.9. The number of hydrogen-bond acceptors (Lipinski definition) is 3. The molecule has 1 aromatic rings. The minimum Gasteiger partial charge on any atom is -0.388 e. The summed E-state index contributed by atoms with van der Waals surface area (Å²) in [5.41, 5.74) is 0.488. The summed E-state index contributed by atoms with van der Waals surface area (Å²) < 4.78 is 0. The van der Waals surface area contributed by atoms with E-state index in [1.54, 1.807) is 6.20 Å². The predicted octanol–water partition coefficient (Wildman–Crippen LogP) is 3.10. The van der Waals surface area contributed by atoms with Crippen LogP contribution in [-0.4, -0.2) is 28.1 Å². The lowest BCUT2D eigenvalue weighted by Crippen LogP contribution is -2.46. The number of aliphatic hydroxyl groups is 1. The summed E-state index contributed by atoms with van der Waals surface area (Å²) >= 11 is 0. The third-order valence-corrected chi connectivity index (χ3v) is 5.09. The quantitative estimate of drug-likeness (QED) is 0.877. The number of hydrogen-bond donors (Lipinski definition) is 2. The standard InChI is InChI=1S/C19H30N2O2/c1-18(2,3)15-9-11-19(23,12-10-15)14-21-17(22)8-7-16-6-4-5-13-20-16/h4-6,13,15,23H,7-12,14H2,1-3H3,(H,21,22). The Labute approximate surface area is 139 Å². The molecule has 1 amide bonds. The fourth-order valence-corrected chi connectivity index (χ4v) is 3.34. The predicted molar refractivity (Wildman–Crippen MR) is 91.9 cm³/mol. The number of carbonyl (C=O) groups is 1. The van der Waals surface area contributed by atoms with E-state index in [9.17, 15) is 9.90 Å². The molecule has 1 fully saturated rings. The molecule has 0 aromatic carbocycles. The van der Waals surface area contributed by atoms with Gasteiger partial charge in [-0.3, -0.25) is 9.78 Å². The van der Waals surface area contributed by atoms with Gasteiger partial charge in [-0.2, -0.15) is 0 Å². The van der Waals surface area contributed by atoms with Gasteiger partial charge in [0.25, 0.3) is 0 Å². The zero-order chi connectivity index (χ0) is 16.9. The number of nitrogens with zero attached hydrogens (tertiary/aromatic N) is 1. The molecular formula is C19H30N2O2. The fraction of sp³-hybridized carbons (Fsp3) is 0.684. The molecule has 0 spiro atoms. The van der Waals surface area contributed by atoms with Gasteiger partial charge in [-0.1, -0.05) is 26.8 Å². The molecular weight excluding hydrogens is 288 g/mol. The van der Waals surface area contributed by atoms with Crippen LogP contribution in [0.15, 0.2) is 24.4 Å². The highest BCUT2D eigenvalue weighted by atomic mass is 16.3. The van der Waals surface area contributed by atoms with Crippen molar-refractivity contribution in [1.29, 1.82) is 0 Å². The van der Waals surface area contributed by atoms with E-state index in [0.717, 1.165) is 31.4 Å². The van der Waals surface area contributed by atoms with Crippen LogP contribution in [0.2, 0.25) is 0 Å². The molecule has 1 heterocycles. The third-order valence-electron chi connectivity index (χ3n) is 5.09. The fourth-order valence-electron chi connectivity index (χ4n) is 3.34. The SMILES string of the molecule is CC(C)(C)C1CCC(O)(CNC(=O)CCc2ccccn2)CC1. The van der Waals surface area contributed by atoms with Gasteiger partial charge in [0, 0.05) is 24.9 Å². The van der Waals surface area contributed by atoms with E-state index in [4.69, 9.17) is 0 Å². The van der Waals surface area contributed by atoms with Gasteiger partial charge in [-0.05, 0) is 55.6 Å². The molecule has 4 heteroatoms. The van der Waals surface area contributed by atoms with Crippen LogP contribution in [0.5, 0.6) is 0 Å².